The van der Waals surface area contributed by atoms with E-state index in [9.17, 15) is 14.4 Å². The lowest BCUT2D eigenvalue weighted by atomic mass is 10.1. The second kappa shape index (κ2) is 5.61. The van der Waals surface area contributed by atoms with Gasteiger partial charge in [-0.3, -0.25) is 14.5 Å². The molecule has 24 heavy (non-hydrogen) atoms. The highest BCUT2D eigenvalue weighted by Crippen LogP contribution is 2.39. The Bertz CT molecular complexity index is 666. The van der Waals surface area contributed by atoms with Gasteiger partial charge >= 0.3 is 6.09 Å². The minimum Gasteiger partial charge on any atom is -0.444 e. The number of fused-ring (bicyclic) bond motifs is 1. The van der Waals surface area contributed by atoms with Crippen LogP contribution in [0.4, 0.5) is 4.79 Å². The summed E-state index contributed by atoms with van der Waals surface area (Å²) in [4.78, 5) is 37.9. The number of nitrogens with zero attached hydrogens (tertiary/aromatic N) is 1. The Hall–Kier alpha value is -2.37. The maximum absolute atomic E-state index is 12.3. The predicted octanol–water partition coefficient (Wildman–Crippen LogP) is 2.73. The highest BCUT2D eigenvalue weighted by Gasteiger charge is 2.46. The van der Waals surface area contributed by atoms with Gasteiger partial charge in [-0.1, -0.05) is 12.1 Å². The van der Waals surface area contributed by atoms with Gasteiger partial charge in [-0.05, 0) is 52.2 Å². The molecule has 1 N–H and O–H groups in total. The van der Waals surface area contributed by atoms with E-state index in [1.807, 2.05) is 20.8 Å². The number of imide groups is 1. The Labute approximate surface area is 141 Å². The molecule has 0 saturated heterocycles. The Morgan fingerprint density at radius 1 is 1.17 bits per heavy atom. The molecule has 1 aromatic carbocycles. The highest BCUT2D eigenvalue weighted by molar-refractivity contribution is 6.21. The molecule has 0 atom stereocenters. The molecule has 3 amide bonds. The van der Waals surface area contributed by atoms with Gasteiger partial charge in [-0.15, -0.1) is 0 Å². The van der Waals surface area contributed by atoms with Crippen LogP contribution in [0.1, 0.15) is 60.7 Å². The van der Waals surface area contributed by atoms with Gasteiger partial charge < -0.3 is 10.1 Å². The maximum Gasteiger partial charge on any atom is 0.408 e. The molecule has 3 rings (SSSR count). The lowest BCUT2D eigenvalue weighted by Gasteiger charge is -2.24. The number of alkyl carbamates (subject to hydrolysis) is 1. The number of nitrogens with one attached hydrogen (secondary N) is 1. The molecular weight excluding hydrogens is 308 g/mol. The van der Waals surface area contributed by atoms with E-state index in [0.717, 1.165) is 12.8 Å². The van der Waals surface area contributed by atoms with Crippen molar-refractivity contribution in [2.45, 2.75) is 51.2 Å². The summed E-state index contributed by atoms with van der Waals surface area (Å²) in [6.45, 7) is 5.73. The summed E-state index contributed by atoms with van der Waals surface area (Å²) in [6.07, 6.45) is 1.74. The molecule has 0 unspecified atom stereocenters. The topological polar surface area (TPSA) is 75.7 Å². The average molecular weight is 330 g/mol. The van der Waals surface area contributed by atoms with E-state index in [0.29, 0.717) is 24.1 Å². The summed E-state index contributed by atoms with van der Waals surface area (Å²) in [5.74, 6) is -0.521. The molecule has 1 aromatic rings. The van der Waals surface area contributed by atoms with Gasteiger partial charge in [0.1, 0.15) is 5.60 Å². The molecule has 6 nitrogen and oxygen atoms in total. The number of hydrogen-bond acceptors (Lipinski definition) is 4. The summed E-state index contributed by atoms with van der Waals surface area (Å²) < 4.78 is 5.28. The molecular formula is C18H22N2O4. The highest BCUT2D eigenvalue weighted by atomic mass is 16.6. The monoisotopic (exact) mass is 330 g/mol. The summed E-state index contributed by atoms with van der Waals surface area (Å²) in [7, 11) is 0. The van der Waals surface area contributed by atoms with Crippen molar-refractivity contribution >= 4 is 17.9 Å². The van der Waals surface area contributed by atoms with E-state index in [2.05, 4.69) is 5.32 Å². The quantitative estimate of drug-likeness (QED) is 0.861. The van der Waals surface area contributed by atoms with Crippen molar-refractivity contribution in [1.82, 2.24) is 10.2 Å². The molecule has 1 heterocycles. The van der Waals surface area contributed by atoms with Gasteiger partial charge in [-0.25, -0.2) is 4.79 Å². The first-order valence-electron chi connectivity index (χ1n) is 8.17. The maximum atomic E-state index is 12.3. The molecule has 6 heteroatoms. The van der Waals surface area contributed by atoms with Crippen molar-refractivity contribution in [3.05, 3.63) is 35.4 Å². The largest absolute Gasteiger partial charge is 0.444 e. The number of ether oxygens (including phenoxy) is 1. The summed E-state index contributed by atoms with van der Waals surface area (Å²) in [6, 6.07) is 6.84. The van der Waals surface area contributed by atoms with E-state index in [-0.39, 0.29) is 17.4 Å². The molecule has 1 aliphatic carbocycles. The molecule has 0 spiro atoms. The van der Waals surface area contributed by atoms with Crippen LogP contribution in [0.25, 0.3) is 0 Å². The summed E-state index contributed by atoms with van der Waals surface area (Å²) in [5.41, 5.74) is -0.0136. The number of benzene rings is 1. The lowest BCUT2D eigenvalue weighted by molar-refractivity contribution is 0.0490. The lowest BCUT2D eigenvalue weighted by Crippen LogP contribution is -2.43. The van der Waals surface area contributed by atoms with Gasteiger partial charge in [0.25, 0.3) is 11.8 Å². The molecule has 1 aliphatic heterocycles. The van der Waals surface area contributed by atoms with Gasteiger partial charge in [-0.2, -0.15) is 0 Å². The molecule has 2 aliphatic rings. The van der Waals surface area contributed by atoms with E-state index in [1.165, 1.54) is 4.90 Å². The number of amides is 3. The zero-order chi connectivity index (χ0) is 17.5. The first kappa shape index (κ1) is 16.5. The minimum absolute atomic E-state index is 0.260. The zero-order valence-corrected chi connectivity index (χ0v) is 14.2. The van der Waals surface area contributed by atoms with Crippen LogP contribution in [0.2, 0.25) is 0 Å². The Kier molecular flexibility index (Phi) is 3.86. The van der Waals surface area contributed by atoms with Crippen LogP contribution in [0, 0.1) is 0 Å². The minimum atomic E-state index is -0.553. The van der Waals surface area contributed by atoms with Crippen molar-refractivity contribution in [3.63, 3.8) is 0 Å². The Morgan fingerprint density at radius 2 is 1.71 bits per heavy atom. The van der Waals surface area contributed by atoms with Crippen LogP contribution >= 0.6 is 0 Å². The normalized spacial score (nSPS) is 18.4. The summed E-state index contributed by atoms with van der Waals surface area (Å²) >= 11 is 0. The van der Waals surface area contributed by atoms with Crippen molar-refractivity contribution in [2.24, 2.45) is 0 Å². The first-order chi connectivity index (χ1) is 11.2. The van der Waals surface area contributed by atoms with Gasteiger partial charge in [0, 0.05) is 12.1 Å². The first-order valence-corrected chi connectivity index (χ1v) is 8.17. The van der Waals surface area contributed by atoms with Crippen molar-refractivity contribution in [1.29, 1.82) is 0 Å². The van der Waals surface area contributed by atoms with Crippen molar-refractivity contribution in [3.8, 4) is 0 Å². The number of carbonyl (C=O) groups excluding carboxylic acids is 3. The number of hydrogen-bond donors (Lipinski definition) is 1. The fourth-order valence-corrected chi connectivity index (χ4v) is 2.88. The number of rotatable bonds is 4. The molecule has 128 valence electrons. The molecule has 1 fully saturated rings. The standard InChI is InChI=1S/C18H22N2O4/c1-17(2,3)24-16(23)19-18(8-9-18)10-11-20-14(21)12-6-4-5-7-13(12)15(20)22/h4-7H,8-11H2,1-3H3,(H,19,23). The Morgan fingerprint density at radius 3 is 2.17 bits per heavy atom. The van der Waals surface area contributed by atoms with Crippen molar-refractivity contribution in [2.75, 3.05) is 6.54 Å². The average Bonchev–Trinajstić information content (AvgIpc) is 3.19. The zero-order valence-electron chi connectivity index (χ0n) is 14.2. The summed E-state index contributed by atoms with van der Waals surface area (Å²) in [5, 5.41) is 2.89. The molecule has 1 saturated carbocycles. The van der Waals surface area contributed by atoms with Crippen molar-refractivity contribution < 1.29 is 19.1 Å². The predicted molar refractivity (Wildman–Crippen MR) is 87.8 cm³/mol. The number of carbonyl (C=O) groups is 3. The van der Waals surface area contributed by atoms with Crippen LogP contribution in [0.15, 0.2) is 24.3 Å². The fourth-order valence-electron chi connectivity index (χ4n) is 2.88. The second-order valence-corrected chi connectivity index (χ2v) is 7.46. The molecule has 0 aromatic heterocycles. The Balaban J connectivity index is 1.60. The molecule has 0 radical (unpaired) electrons. The van der Waals surface area contributed by atoms with Crippen LogP contribution in [0.3, 0.4) is 0 Å². The van der Waals surface area contributed by atoms with E-state index in [1.54, 1.807) is 24.3 Å². The third kappa shape index (κ3) is 3.27. The van der Waals surface area contributed by atoms with Gasteiger partial charge in [0.15, 0.2) is 0 Å². The fraction of sp³-hybridized carbons (Fsp3) is 0.500. The molecule has 0 bridgehead atoms. The van der Waals surface area contributed by atoms with Crippen LogP contribution in [-0.4, -0.2) is 40.5 Å². The van der Waals surface area contributed by atoms with E-state index in [4.69, 9.17) is 4.74 Å². The second-order valence-electron chi connectivity index (χ2n) is 7.46. The van der Waals surface area contributed by atoms with E-state index >= 15 is 0 Å². The van der Waals surface area contributed by atoms with E-state index < -0.39 is 11.7 Å². The third-order valence-corrected chi connectivity index (χ3v) is 4.31. The third-order valence-electron chi connectivity index (χ3n) is 4.31. The van der Waals surface area contributed by atoms with Gasteiger partial charge in [0.2, 0.25) is 0 Å². The van der Waals surface area contributed by atoms with Crippen LogP contribution in [-0.2, 0) is 4.74 Å². The van der Waals surface area contributed by atoms with Crippen LogP contribution < -0.4 is 5.32 Å². The van der Waals surface area contributed by atoms with Crippen LogP contribution in [0.5, 0.6) is 0 Å². The van der Waals surface area contributed by atoms with Gasteiger partial charge in [0.05, 0.1) is 11.1 Å². The smallest absolute Gasteiger partial charge is 0.408 e. The SMILES string of the molecule is CC(C)(C)OC(=O)NC1(CCN2C(=O)c3ccccc3C2=O)CC1.